The lowest BCUT2D eigenvalue weighted by Gasteiger charge is -2.59. The summed E-state index contributed by atoms with van der Waals surface area (Å²) in [6, 6.07) is 0. The summed E-state index contributed by atoms with van der Waals surface area (Å²) in [6.07, 6.45) is 5.40. The van der Waals surface area contributed by atoms with Gasteiger partial charge in [-0.3, -0.25) is 4.99 Å². The summed E-state index contributed by atoms with van der Waals surface area (Å²) in [4.78, 5) is 16.0. The van der Waals surface area contributed by atoms with E-state index in [0.717, 1.165) is 44.1 Å². The molecule has 0 aromatic rings. The van der Waals surface area contributed by atoms with E-state index in [0.29, 0.717) is 29.9 Å². The summed E-state index contributed by atoms with van der Waals surface area (Å²) in [5, 5.41) is 24.0. The molecule has 5 N–H and O–H groups in total. The third kappa shape index (κ3) is 1.89. The fraction of sp³-hybridized carbons (Fsp3) is 0.789. The minimum atomic E-state index is -0.928. The van der Waals surface area contributed by atoms with Crippen LogP contribution in [0.15, 0.2) is 16.1 Å². The van der Waals surface area contributed by atoms with E-state index in [2.05, 4.69) is 17.2 Å². The Balaban J connectivity index is 1.87. The van der Waals surface area contributed by atoms with Crippen molar-refractivity contribution in [1.82, 2.24) is 5.32 Å². The van der Waals surface area contributed by atoms with Crippen molar-refractivity contribution in [3.63, 3.8) is 0 Å². The maximum atomic E-state index is 12.0. The first-order valence-electron chi connectivity index (χ1n) is 9.49. The van der Waals surface area contributed by atoms with Crippen LogP contribution in [0.25, 0.3) is 0 Å². The van der Waals surface area contributed by atoms with Gasteiger partial charge in [0.05, 0.1) is 11.7 Å². The summed E-state index contributed by atoms with van der Waals surface area (Å²) < 4.78 is 0. The molecule has 138 valence electrons. The van der Waals surface area contributed by atoms with Crippen molar-refractivity contribution in [3.05, 3.63) is 11.1 Å². The van der Waals surface area contributed by atoms with E-state index in [-0.39, 0.29) is 16.7 Å². The Morgan fingerprint density at radius 2 is 2.04 bits per heavy atom. The number of hydrogen-bond donors (Lipinski definition) is 4. The maximum Gasteiger partial charge on any atom is 0.334 e. The molecule has 25 heavy (non-hydrogen) atoms. The second kappa shape index (κ2) is 5.47. The molecule has 4 rings (SSSR count). The van der Waals surface area contributed by atoms with Crippen molar-refractivity contribution in [2.75, 3.05) is 13.6 Å². The molecule has 3 saturated carbocycles. The smallest absolute Gasteiger partial charge is 0.334 e. The molecule has 6 heteroatoms. The third-order valence-electron chi connectivity index (χ3n) is 8.07. The van der Waals surface area contributed by atoms with Crippen LogP contribution in [-0.4, -0.2) is 41.8 Å². The first-order chi connectivity index (χ1) is 11.9. The van der Waals surface area contributed by atoms with E-state index in [4.69, 9.17) is 5.73 Å². The Morgan fingerprint density at radius 3 is 2.72 bits per heavy atom. The van der Waals surface area contributed by atoms with Gasteiger partial charge in [0.15, 0.2) is 5.96 Å². The van der Waals surface area contributed by atoms with Crippen molar-refractivity contribution >= 4 is 11.9 Å². The fourth-order valence-corrected chi connectivity index (χ4v) is 7.24. The predicted molar refractivity (Wildman–Crippen MR) is 94.9 cm³/mol. The van der Waals surface area contributed by atoms with Gasteiger partial charge in [-0.1, -0.05) is 13.3 Å². The molecule has 0 aromatic heterocycles. The van der Waals surface area contributed by atoms with Gasteiger partial charge in [-0.2, -0.15) is 0 Å². The van der Waals surface area contributed by atoms with E-state index in [1.165, 1.54) is 0 Å². The molecule has 3 fully saturated rings. The minimum absolute atomic E-state index is 0.0317. The summed E-state index contributed by atoms with van der Waals surface area (Å²) >= 11 is 0. The van der Waals surface area contributed by atoms with Crippen LogP contribution in [0, 0.1) is 28.6 Å². The number of carboxylic acid groups (broad SMARTS) is 1. The number of nitrogens with two attached hydrogens (primary N) is 1. The second-order valence-corrected chi connectivity index (χ2v) is 8.60. The number of nitrogens with one attached hydrogen (secondary N) is 1. The molecule has 2 bridgehead atoms. The molecule has 0 heterocycles. The maximum absolute atomic E-state index is 12.0. The van der Waals surface area contributed by atoms with Gasteiger partial charge in [-0.15, -0.1) is 0 Å². The molecule has 0 aliphatic heterocycles. The number of nitrogens with zero attached hydrogens (tertiary/aromatic N) is 1. The number of guanidine groups is 1. The van der Waals surface area contributed by atoms with Gasteiger partial charge in [0.25, 0.3) is 0 Å². The molecule has 1 spiro atoms. The van der Waals surface area contributed by atoms with Crippen LogP contribution < -0.4 is 11.1 Å². The van der Waals surface area contributed by atoms with E-state index >= 15 is 0 Å². The first kappa shape index (κ1) is 16.9. The van der Waals surface area contributed by atoms with Gasteiger partial charge >= 0.3 is 5.97 Å². The number of aliphatic imine (C=N–C) groups is 1. The number of carboxylic acids is 1. The van der Waals surface area contributed by atoms with Gasteiger partial charge < -0.3 is 21.3 Å². The molecule has 4 aliphatic rings. The van der Waals surface area contributed by atoms with Crippen LogP contribution in [0.3, 0.4) is 0 Å². The van der Waals surface area contributed by atoms with Gasteiger partial charge in [0.1, 0.15) is 0 Å². The molecule has 0 radical (unpaired) electrons. The molecule has 0 amide bonds. The highest BCUT2D eigenvalue weighted by Gasteiger charge is 2.73. The van der Waals surface area contributed by atoms with Crippen LogP contribution in [0.5, 0.6) is 0 Å². The van der Waals surface area contributed by atoms with Crippen LogP contribution in [-0.2, 0) is 4.79 Å². The number of rotatable bonds is 3. The topological polar surface area (TPSA) is 108 Å². The van der Waals surface area contributed by atoms with Crippen molar-refractivity contribution in [1.29, 1.82) is 0 Å². The lowest BCUT2D eigenvalue weighted by Crippen LogP contribution is -2.59. The highest BCUT2D eigenvalue weighted by atomic mass is 16.4. The quantitative estimate of drug-likeness (QED) is 0.457. The van der Waals surface area contributed by atoms with Gasteiger partial charge in [0, 0.05) is 19.0 Å². The molecule has 0 aromatic carbocycles. The Hall–Kier alpha value is -1.56. The van der Waals surface area contributed by atoms with Crippen molar-refractivity contribution in [3.8, 4) is 0 Å². The van der Waals surface area contributed by atoms with Gasteiger partial charge in [-0.25, -0.2) is 4.79 Å². The number of allylic oxidation sites excluding steroid dienone is 1. The van der Waals surface area contributed by atoms with Gasteiger partial charge in [0.2, 0.25) is 0 Å². The zero-order valence-electron chi connectivity index (χ0n) is 15.1. The number of fused-ring (bicyclic) bond motifs is 1. The average molecular weight is 347 g/mol. The van der Waals surface area contributed by atoms with E-state index < -0.39 is 12.1 Å². The van der Waals surface area contributed by atoms with Crippen LogP contribution in [0.1, 0.15) is 45.4 Å². The van der Waals surface area contributed by atoms with Crippen LogP contribution in [0.2, 0.25) is 0 Å². The first-order valence-corrected chi connectivity index (χ1v) is 9.49. The molecular weight excluding hydrogens is 318 g/mol. The zero-order chi connectivity index (χ0) is 18.0. The molecule has 0 saturated heterocycles. The minimum Gasteiger partial charge on any atom is -0.478 e. The molecule has 6 atom stereocenters. The van der Waals surface area contributed by atoms with Crippen molar-refractivity contribution in [2.24, 2.45) is 39.3 Å². The normalized spacial score (nSPS) is 45.5. The highest BCUT2D eigenvalue weighted by molar-refractivity contribution is 5.90. The molecule has 6 nitrogen and oxygen atoms in total. The van der Waals surface area contributed by atoms with E-state index in [1.54, 1.807) is 7.05 Å². The largest absolute Gasteiger partial charge is 0.478 e. The summed E-state index contributed by atoms with van der Waals surface area (Å²) in [6.45, 7) is 2.99. The number of aliphatic hydroxyl groups excluding tert-OH is 1. The van der Waals surface area contributed by atoms with Gasteiger partial charge in [-0.05, 0) is 60.8 Å². The predicted octanol–water partition coefficient (Wildman–Crippen LogP) is 1.50. The second-order valence-electron chi connectivity index (χ2n) is 8.60. The average Bonchev–Trinajstić information content (AvgIpc) is 2.88. The zero-order valence-corrected chi connectivity index (χ0v) is 15.1. The number of aliphatic hydroxyl groups is 1. The molecular formula is C19H29N3O3. The third-order valence-corrected chi connectivity index (χ3v) is 8.07. The Kier molecular flexibility index (Phi) is 3.69. The Labute approximate surface area is 148 Å². The monoisotopic (exact) mass is 347 g/mol. The fourth-order valence-electron chi connectivity index (χ4n) is 7.24. The number of carbonyl (C=O) groups is 1. The summed E-state index contributed by atoms with van der Waals surface area (Å²) in [7, 11) is 1.67. The van der Waals surface area contributed by atoms with Crippen LogP contribution >= 0.6 is 0 Å². The number of hydrogen-bond acceptors (Lipinski definition) is 3. The van der Waals surface area contributed by atoms with Crippen LogP contribution in [0.4, 0.5) is 0 Å². The number of aliphatic carboxylic acids is 1. The lowest BCUT2D eigenvalue weighted by atomic mass is 9.45. The van der Waals surface area contributed by atoms with Crippen molar-refractivity contribution < 1.29 is 15.0 Å². The Morgan fingerprint density at radius 1 is 1.32 bits per heavy atom. The van der Waals surface area contributed by atoms with E-state index in [1.807, 2.05) is 0 Å². The summed E-state index contributed by atoms with van der Waals surface area (Å²) in [5.74, 6) is 0.443. The highest BCUT2D eigenvalue weighted by Crippen LogP contribution is 2.77. The van der Waals surface area contributed by atoms with E-state index in [9.17, 15) is 15.0 Å². The molecule has 4 aliphatic carbocycles. The Bertz CT molecular complexity index is 673. The summed E-state index contributed by atoms with van der Waals surface area (Å²) in [5.41, 5.74) is 6.98. The molecule has 6 unspecified atom stereocenters. The standard InChI is InChI=1S/C19H29N3O3/c1-18(9-22-17(20)21-2)11-7-6-10-4-3-5-12-15(23)14(16(24)25)13(8-11)19(10,12)18/h10-12,15,23H,3-9H2,1-2H3,(H,24,25)(H3,20,21,22). The SMILES string of the molecule is CN=C(N)NCC1(C)C2CCC3CCCC4C(O)C(C(=O)O)=C(C2)C341. The lowest BCUT2D eigenvalue weighted by molar-refractivity contribution is -0.135. The van der Waals surface area contributed by atoms with Crippen molar-refractivity contribution in [2.45, 2.75) is 51.6 Å².